The standard InChI is InChI=1S/C26H28N2O3/c1-20-13-15-23(16-14-20)31-19-25(29)28(18-22-11-7-4-8-12-22)24(26(30)27-2)17-21-9-5-3-6-10-21/h3-16,24H,17-19H2,1-2H3,(H,27,30)/t24-/m1/s1. The number of carbonyl (C=O) groups is 2. The summed E-state index contributed by atoms with van der Waals surface area (Å²) in [6, 6.07) is 26.3. The van der Waals surface area contributed by atoms with Crippen molar-refractivity contribution < 1.29 is 14.3 Å². The Labute approximate surface area is 183 Å². The van der Waals surface area contributed by atoms with E-state index in [1.807, 2.05) is 91.9 Å². The van der Waals surface area contributed by atoms with E-state index in [4.69, 9.17) is 4.74 Å². The smallest absolute Gasteiger partial charge is 0.261 e. The van der Waals surface area contributed by atoms with Crippen LogP contribution in [0.2, 0.25) is 0 Å². The van der Waals surface area contributed by atoms with Crippen molar-refractivity contribution in [2.75, 3.05) is 13.7 Å². The zero-order valence-corrected chi connectivity index (χ0v) is 18.0. The van der Waals surface area contributed by atoms with Crippen LogP contribution in [0.15, 0.2) is 84.9 Å². The minimum absolute atomic E-state index is 0.141. The van der Waals surface area contributed by atoms with Crippen LogP contribution in [0.1, 0.15) is 16.7 Å². The predicted molar refractivity (Wildman–Crippen MR) is 122 cm³/mol. The Hall–Kier alpha value is -3.60. The van der Waals surface area contributed by atoms with Crippen LogP contribution >= 0.6 is 0 Å². The van der Waals surface area contributed by atoms with Gasteiger partial charge in [-0.3, -0.25) is 9.59 Å². The van der Waals surface area contributed by atoms with Crippen molar-refractivity contribution in [2.45, 2.75) is 25.9 Å². The van der Waals surface area contributed by atoms with E-state index in [2.05, 4.69) is 5.32 Å². The van der Waals surface area contributed by atoms with E-state index >= 15 is 0 Å². The summed E-state index contributed by atoms with van der Waals surface area (Å²) >= 11 is 0. The highest BCUT2D eigenvalue weighted by molar-refractivity contribution is 5.88. The summed E-state index contributed by atoms with van der Waals surface area (Å²) in [5, 5.41) is 2.71. The van der Waals surface area contributed by atoms with Gasteiger partial charge in [0.1, 0.15) is 11.8 Å². The molecule has 0 aromatic heterocycles. The fourth-order valence-corrected chi connectivity index (χ4v) is 3.36. The van der Waals surface area contributed by atoms with E-state index in [1.165, 1.54) is 0 Å². The molecule has 0 saturated heterocycles. The second kappa shape index (κ2) is 11.0. The molecular weight excluding hydrogens is 388 g/mol. The summed E-state index contributed by atoms with van der Waals surface area (Å²) in [7, 11) is 1.59. The van der Waals surface area contributed by atoms with E-state index in [-0.39, 0.29) is 18.4 Å². The maximum Gasteiger partial charge on any atom is 0.261 e. The maximum atomic E-state index is 13.3. The number of likely N-dealkylation sites (N-methyl/N-ethyl adjacent to an activating group) is 1. The zero-order valence-electron chi connectivity index (χ0n) is 18.0. The van der Waals surface area contributed by atoms with Crippen LogP contribution in [-0.4, -0.2) is 36.4 Å². The number of hydrogen-bond donors (Lipinski definition) is 1. The van der Waals surface area contributed by atoms with Gasteiger partial charge in [-0.1, -0.05) is 78.4 Å². The Morgan fingerprint density at radius 3 is 2.03 bits per heavy atom. The molecule has 1 atom stereocenters. The molecule has 0 aliphatic heterocycles. The molecule has 31 heavy (non-hydrogen) atoms. The van der Waals surface area contributed by atoms with Crippen LogP contribution in [0.25, 0.3) is 0 Å². The molecule has 2 amide bonds. The van der Waals surface area contributed by atoms with Crippen LogP contribution in [0.5, 0.6) is 5.75 Å². The molecule has 3 aromatic rings. The van der Waals surface area contributed by atoms with Gasteiger partial charge in [-0.05, 0) is 30.2 Å². The number of carbonyl (C=O) groups excluding carboxylic acids is 2. The fraction of sp³-hybridized carbons (Fsp3) is 0.231. The van der Waals surface area contributed by atoms with Crippen molar-refractivity contribution in [3.05, 3.63) is 102 Å². The number of aryl methyl sites for hydroxylation is 1. The average molecular weight is 417 g/mol. The molecule has 5 heteroatoms. The van der Waals surface area contributed by atoms with Crippen LogP contribution in [-0.2, 0) is 22.6 Å². The second-order valence-corrected chi connectivity index (χ2v) is 7.43. The summed E-state index contributed by atoms with van der Waals surface area (Å²) in [6.07, 6.45) is 0.420. The minimum Gasteiger partial charge on any atom is -0.484 e. The van der Waals surface area contributed by atoms with Gasteiger partial charge in [0.15, 0.2) is 6.61 Å². The largest absolute Gasteiger partial charge is 0.484 e. The third-order valence-electron chi connectivity index (χ3n) is 5.10. The second-order valence-electron chi connectivity index (χ2n) is 7.43. The Morgan fingerprint density at radius 1 is 0.871 bits per heavy atom. The topological polar surface area (TPSA) is 58.6 Å². The van der Waals surface area contributed by atoms with Gasteiger partial charge in [0.05, 0.1) is 0 Å². The summed E-state index contributed by atoms with van der Waals surface area (Å²) in [5.41, 5.74) is 3.06. The van der Waals surface area contributed by atoms with Crippen LogP contribution in [0.4, 0.5) is 0 Å². The van der Waals surface area contributed by atoms with Gasteiger partial charge in [0.25, 0.3) is 5.91 Å². The Morgan fingerprint density at radius 2 is 1.45 bits per heavy atom. The lowest BCUT2D eigenvalue weighted by atomic mass is 10.0. The van der Waals surface area contributed by atoms with E-state index in [0.717, 1.165) is 16.7 Å². The van der Waals surface area contributed by atoms with Gasteiger partial charge < -0.3 is 15.0 Å². The first-order valence-electron chi connectivity index (χ1n) is 10.3. The number of amides is 2. The predicted octanol–water partition coefficient (Wildman–Crippen LogP) is 3.76. The van der Waals surface area contributed by atoms with E-state index in [9.17, 15) is 9.59 Å². The highest BCUT2D eigenvalue weighted by Gasteiger charge is 2.30. The molecule has 1 N–H and O–H groups in total. The summed E-state index contributed by atoms with van der Waals surface area (Å²) in [4.78, 5) is 27.7. The average Bonchev–Trinajstić information content (AvgIpc) is 2.81. The number of nitrogens with zero attached hydrogens (tertiary/aromatic N) is 1. The molecule has 0 unspecified atom stereocenters. The van der Waals surface area contributed by atoms with Crippen molar-refractivity contribution in [3.8, 4) is 5.75 Å². The molecular formula is C26H28N2O3. The fourth-order valence-electron chi connectivity index (χ4n) is 3.36. The van der Waals surface area contributed by atoms with Crippen molar-refractivity contribution in [1.29, 1.82) is 0 Å². The molecule has 0 saturated carbocycles. The molecule has 0 aliphatic carbocycles. The number of benzene rings is 3. The lowest BCUT2D eigenvalue weighted by Gasteiger charge is -2.31. The lowest BCUT2D eigenvalue weighted by molar-refractivity contribution is -0.142. The Balaban J connectivity index is 1.83. The van der Waals surface area contributed by atoms with E-state index < -0.39 is 6.04 Å². The number of nitrogens with one attached hydrogen (secondary N) is 1. The van der Waals surface area contributed by atoms with E-state index in [0.29, 0.717) is 18.7 Å². The van der Waals surface area contributed by atoms with Gasteiger partial charge in [-0.25, -0.2) is 0 Å². The molecule has 0 heterocycles. The summed E-state index contributed by atoms with van der Waals surface area (Å²) in [6.45, 7) is 2.17. The first-order chi connectivity index (χ1) is 15.1. The molecule has 3 aromatic carbocycles. The highest BCUT2D eigenvalue weighted by Crippen LogP contribution is 2.16. The normalized spacial score (nSPS) is 11.4. The Bertz CT molecular complexity index is 973. The Kier molecular flexibility index (Phi) is 7.82. The van der Waals surface area contributed by atoms with Gasteiger partial charge >= 0.3 is 0 Å². The third-order valence-corrected chi connectivity index (χ3v) is 5.10. The minimum atomic E-state index is -0.651. The van der Waals surface area contributed by atoms with Crippen molar-refractivity contribution in [3.63, 3.8) is 0 Å². The monoisotopic (exact) mass is 416 g/mol. The van der Waals surface area contributed by atoms with Gasteiger partial charge in [-0.2, -0.15) is 0 Å². The molecule has 3 rings (SSSR count). The van der Waals surface area contributed by atoms with Crippen LogP contribution in [0.3, 0.4) is 0 Å². The van der Waals surface area contributed by atoms with Crippen molar-refractivity contribution in [1.82, 2.24) is 10.2 Å². The highest BCUT2D eigenvalue weighted by atomic mass is 16.5. The van der Waals surface area contributed by atoms with Gasteiger partial charge in [0.2, 0.25) is 5.91 Å². The summed E-state index contributed by atoms with van der Waals surface area (Å²) in [5.74, 6) is 0.176. The maximum absolute atomic E-state index is 13.3. The first-order valence-corrected chi connectivity index (χ1v) is 10.3. The molecule has 0 aliphatic rings. The van der Waals surface area contributed by atoms with Crippen molar-refractivity contribution in [2.24, 2.45) is 0 Å². The third kappa shape index (κ3) is 6.44. The first kappa shape index (κ1) is 22.1. The number of rotatable bonds is 9. The summed E-state index contributed by atoms with van der Waals surface area (Å²) < 4.78 is 5.73. The molecule has 0 radical (unpaired) electrons. The molecule has 5 nitrogen and oxygen atoms in total. The van der Waals surface area contributed by atoms with Crippen LogP contribution in [0, 0.1) is 6.92 Å². The molecule has 0 fully saturated rings. The quantitative estimate of drug-likeness (QED) is 0.578. The van der Waals surface area contributed by atoms with E-state index in [1.54, 1.807) is 11.9 Å². The van der Waals surface area contributed by atoms with Gasteiger partial charge in [0, 0.05) is 20.0 Å². The van der Waals surface area contributed by atoms with Gasteiger partial charge in [-0.15, -0.1) is 0 Å². The van der Waals surface area contributed by atoms with Crippen LogP contribution < -0.4 is 10.1 Å². The lowest BCUT2D eigenvalue weighted by Crippen LogP contribution is -2.51. The zero-order chi connectivity index (χ0) is 22.1. The molecule has 160 valence electrons. The SMILES string of the molecule is CNC(=O)[C@@H](Cc1ccccc1)N(Cc1ccccc1)C(=O)COc1ccc(C)cc1. The molecule has 0 bridgehead atoms. The van der Waals surface area contributed by atoms with Crippen molar-refractivity contribution >= 4 is 11.8 Å². The number of ether oxygens (including phenoxy) is 1. The molecule has 0 spiro atoms. The number of hydrogen-bond acceptors (Lipinski definition) is 3.